The van der Waals surface area contributed by atoms with E-state index in [2.05, 4.69) is 14.8 Å². The lowest BCUT2D eigenvalue weighted by Crippen LogP contribution is -2.42. The van der Waals surface area contributed by atoms with Crippen molar-refractivity contribution in [1.29, 1.82) is 0 Å². The molecule has 1 aromatic rings. The molecule has 28 heavy (non-hydrogen) atoms. The molecule has 0 saturated heterocycles. The van der Waals surface area contributed by atoms with Gasteiger partial charge in [-0.25, -0.2) is 9.59 Å². The average Bonchev–Trinajstić information content (AvgIpc) is 2.65. The summed E-state index contributed by atoms with van der Waals surface area (Å²) in [7, 11) is 2.73. The number of imide groups is 1. The highest BCUT2D eigenvalue weighted by atomic mass is 19.3. The lowest BCUT2D eigenvalue weighted by Gasteiger charge is -2.10. The first-order valence-electron chi connectivity index (χ1n) is 7.90. The Balaban J connectivity index is 2.49. The van der Waals surface area contributed by atoms with Gasteiger partial charge in [-0.1, -0.05) is 6.07 Å². The second-order valence-corrected chi connectivity index (χ2v) is 5.03. The Morgan fingerprint density at radius 1 is 1.18 bits per heavy atom. The second kappa shape index (κ2) is 12.2. The Bertz CT molecular complexity index is 711. The highest BCUT2D eigenvalue weighted by Crippen LogP contribution is 2.29. The van der Waals surface area contributed by atoms with Crippen molar-refractivity contribution in [2.24, 2.45) is 0 Å². The molecule has 9 nitrogen and oxygen atoms in total. The van der Waals surface area contributed by atoms with Gasteiger partial charge in [0.1, 0.15) is 0 Å². The zero-order chi connectivity index (χ0) is 20.9. The molecule has 11 heteroatoms. The van der Waals surface area contributed by atoms with E-state index in [4.69, 9.17) is 9.47 Å². The van der Waals surface area contributed by atoms with E-state index in [0.29, 0.717) is 5.56 Å². The molecule has 0 unspecified atom stereocenters. The van der Waals surface area contributed by atoms with Crippen LogP contribution in [0.5, 0.6) is 11.5 Å². The molecule has 154 valence electrons. The van der Waals surface area contributed by atoms with E-state index in [1.807, 2.05) is 5.32 Å². The number of amides is 3. The number of nitrogens with one attached hydrogen (secondary N) is 2. The molecule has 0 fully saturated rings. The lowest BCUT2D eigenvalue weighted by molar-refractivity contribution is -0.143. The van der Waals surface area contributed by atoms with Gasteiger partial charge in [0.05, 0.1) is 13.7 Å². The summed E-state index contributed by atoms with van der Waals surface area (Å²) >= 11 is 0. The summed E-state index contributed by atoms with van der Waals surface area (Å²) in [4.78, 5) is 34.4. The number of hydrogen-bond acceptors (Lipinski definition) is 7. The average molecular weight is 402 g/mol. The molecule has 0 spiro atoms. The normalized spacial score (nSPS) is 10.6. The Morgan fingerprint density at radius 2 is 1.93 bits per heavy atom. The van der Waals surface area contributed by atoms with E-state index < -0.39 is 31.1 Å². The van der Waals surface area contributed by atoms with Crippen LogP contribution in [-0.2, 0) is 19.1 Å². The number of ether oxygens (including phenoxy) is 4. The molecule has 0 saturated carbocycles. The van der Waals surface area contributed by atoms with Crippen molar-refractivity contribution in [3.8, 4) is 11.5 Å². The maximum atomic E-state index is 12.3. The summed E-state index contributed by atoms with van der Waals surface area (Å²) < 4.78 is 43.2. The van der Waals surface area contributed by atoms with Crippen LogP contribution in [0.3, 0.4) is 0 Å². The van der Waals surface area contributed by atoms with Crippen molar-refractivity contribution in [3.05, 3.63) is 29.8 Å². The third-order valence-electron chi connectivity index (χ3n) is 3.01. The summed E-state index contributed by atoms with van der Waals surface area (Å²) in [5.41, 5.74) is 0.442. The molecule has 1 aromatic carbocycles. The highest BCUT2D eigenvalue weighted by Gasteiger charge is 2.11. The van der Waals surface area contributed by atoms with Crippen LogP contribution >= 0.6 is 0 Å². The minimum Gasteiger partial charge on any atom is -0.493 e. The van der Waals surface area contributed by atoms with Crippen LogP contribution in [0, 0.1) is 0 Å². The number of rotatable bonds is 10. The number of alkyl halides is 2. The van der Waals surface area contributed by atoms with Crippen molar-refractivity contribution in [3.63, 3.8) is 0 Å². The SMILES string of the molecule is COCCNC(=O)NC(=O)COC(=O)C=Cc1ccc(OC(F)F)c(OC)c1. The number of methoxy groups -OCH3 is 2. The molecular weight excluding hydrogens is 382 g/mol. The van der Waals surface area contributed by atoms with Gasteiger partial charge in [-0.2, -0.15) is 8.78 Å². The van der Waals surface area contributed by atoms with E-state index in [-0.39, 0.29) is 24.7 Å². The van der Waals surface area contributed by atoms with E-state index in [1.165, 1.54) is 38.5 Å². The fraction of sp³-hybridized carbons (Fsp3) is 0.353. The first-order valence-corrected chi connectivity index (χ1v) is 7.90. The molecule has 0 atom stereocenters. The summed E-state index contributed by atoms with van der Waals surface area (Å²) in [6, 6.07) is 3.30. The zero-order valence-electron chi connectivity index (χ0n) is 15.2. The summed E-state index contributed by atoms with van der Waals surface area (Å²) in [6.07, 6.45) is 2.35. The van der Waals surface area contributed by atoms with Crippen LogP contribution in [0.4, 0.5) is 13.6 Å². The standard InChI is InChI=1S/C17H20F2N2O7/c1-25-8-7-20-17(24)21-14(22)10-27-15(23)6-4-11-3-5-12(28-16(18)19)13(9-11)26-2/h3-6,9,16H,7-8,10H2,1-2H3,(H2,20,21,22,24). The van der Waals surface area contributed by atoms with Crippen molar-refractivity contribution >= 4 is 24.0 Å². The van der Waals surface area contributed by atoms with E-state index in [9.17, 15) is 23.2 Å². The first kappa shape index (κ1) is 22.8. The monoisotopic (exact) mass is 402 g/mol. The predicted octanol–water partition coefficient (Wildman–Crippen LogP) is 1.33. The lowest BCUT2D eigenvalue weighted by atomic mass is 10.2. The van der Waals surface area contributed by atoms with Gasteiger partial charge >= 0.3 is 18.6 Å². The van der Waals surface area contributed by atoms with Crippen LogP contribution in [-0.4, -0.2) is 58.5 Å². The van der Waals surface area contributed by atoms with Crippen molar-refractivity contribution in [2.45, 2.75) is 6.61 Å². The Kier molecular flexibility index (Phi) is 9.97. The Morgan fingerprint density at radius 3 is 2.57 bits per heavy atom. The smallest absolute Gasteiger partial charge is 0.387 e. The number of halogens is 2. The molecule has 0 aliphatic heterocycles. The largest absolute Gasteiger partial charge is 0.493 e. The van der Waals surface area contributed by atoms with E-state index in [0.717, 1.165) is 6.08 Å². The van der Waals surface area contributed by atoms with Crippen molar-refractivity contribution < 1.29 is 42.1 Å². The third-order valence-corrected chi connectivity index (χ3v) is 3.01. The van der Waals surface area contributed by atoms with Gasteiger partial charge in [-0.05, 0) is 23.8 Å². The van der Waals surface area contributed by atoms with Crippen molar-refractivity contribution in [1.82, 2.24) is 10.6 Å². The Hall–Kier alpha value is -3.21. The van der Waals surface area contributed by atoms with Gasteiger partial charge in [-0.15, -0.1) is 0 Å². The van der Waals surface area contributed by atoms with Crippen LogP contribution in [0.2, 0.25) is 0 Å². The topological polar surface area (TPSA) is 112 Å². The molecule has 0 aromatic heterocycles. The fourth-order valence-electron chi connectivity index (χ4n) is 1.80. The van der Waals surface area contributed by atoms with E-state index in [1.54, 1.807) is 0 Å². The number of hydrogen-bond donors (Lipinski definition) is 2. The van der Waals surface area contributed by atoms with Crippen LogP contribution in [0.15, 0.2) is 24.3 Å². The summed E-state index contributed by atoms with van der Waals surface area (Å²) in [6.45, 7) is -3.17. The second-order valence-electron chi connectivity index (χ2n) is 5.03. The maximum Gasteiger partial charge on any atom is 0.387 e. The molecule has 0 aliphatic carbocycles. The molecule has 0 radical (unpaired) electrons. The Labute approximate surface area is 159 Å². The molecule has 3 amide bonds. The van der Waals surface area contributed by atoms with Crippen LogP contribution in [0.25, 0.3) is 6.08 Å². The van der Waals surface area contributed by atoms with Gasteiger partial charge in [0, 0.05) is 19.7 Å². The third kappa shape index (κ3) is 8.94. The summed E-state index contributed by atoms with van der Waals surface area (Å²) in [5.74, 6) is -1.76. The van der Waals surface area contributed by atoms with Crippen molar-refractivity contribution in [2.75, 3.05) is 34.0 Å². The fourth-order valence-corrected chi connectivity index (χ4v) is 1.80. The first-order chi connectivity index (χ1) is 13.3. The molecule has 0 bridgehead atoms. The number of carbonyl (C=O) groups is 3. The maximum absolute atomic E-state index is 12.3. The minimum absolute atomic E-state index is 0.0506. The number of carbonyl (C=O) groups excluding carboxylic acids is 3. The molecular formula is C17H20F2N2O7. The zero-order valence-corrected chi connectivity index (χ0v) is 15.2. The molecule has 0 aliphatic rings. The van der Waals surface area contributed by atoms with Crippen LogP contribution in [0.1, 0.15) is 5.56 Å². The highest BCUT2D eigenvalue weighted by molar-refractivity contribution is 5.96. The van der Waals surface area contributed by atoms with Gasteiger partial charge < -0.3 is 24.3 Å². The number of urea groups is 1. The van der Waals surface area contributed by atoms with Crippen LogP contribution < -0.4 is 20.1 Å². The number of benzene rings is 1. The van der Waals surface area contributed by atoms with Gasteiger partial charge in [0.2, 0.25) is 0 Å². The van der Waals surface area contributed by atoms with Gasteiger partial charge in [0.25, 0.3) is 5.91 Å². The molecule has 2 N–H and O–H groups in total. The summed E-state index contributed by atoms with van der Waals surface area (Å²) in [5, 5.41) is 4.32. The van der Waals surface area contributed by atoms with Gasteiger partial charge in [-0.3, -0.25) is 10.1 Å². The molecule has 0 heterocycles. The minimum atomic E-state index is -3.00. The number of esters is 1. The van der Waals surface area contributed by atoms with Gasteiger partial charge in [0.15, 0.2) is 18.1 Å². The predicted molar refractivity (Wildman–Crippen MR) is 93.0 cm³/mol. The molecule has 1 rings (SSSR count). The van der Waals surface area contributed by atoms with E-state index >= 15 is 0 Å². The quantitative estimate of drug-likeness (QED) is 0.345.